The zero-order chi connectivity index (χ0) is 15.4. The van der Waals surface area contributed by atoms with Crippen LogP contribution in [0.4, 0.5) is 0 Å². The Morgan fingerprint density at radius 1 is 1.52 bits per heavy atom. The van der Waals surface area contributed by atoms with Gasteiger partial charge in [0.15, 0.2) is 5.69 Å². The first-order chi connectivity index (χ1) is 9.97. The molecule has 1 atom stereocenters. The molecule has 114 valence electrons. The van der Waals surface area contributed by atoms with Gasteiger partial charge in [-0.25, -0.2) is 9.78 Å². The third-order valence-corrected chi connectivity index (χ3v) is 4.27. The molecule has 21 heavy (non-hydrogen) atoms. The molecular weight excluding hydrogens is 294 g/mol. The number of hydrogen-bond acceptors (Lipinski definition) is 5. The molecule has 1 saturated heterocycles. The Morgan fingerprint density at radius 3 is 2.90 bits per heavy atom. The Morgan fingerprint density at radius 2 is 2.29 bits per heavy atom. The fraction of sp³-hybridized carbons (Fsp3) is 0.538. The standard InChI is InChI=1S/C13H17N3O4S/c1-8(17)16-4-2-3-9(6-16)12(18)14-5-11-15-10(7-21-11)13(19)20/h7,9H,2-6H2,1H3,(H,14,18)(H,19,20). The Balaban J connectivity index is 1.86. The summed E-state index contributed by atoms with van der Waals surface area (Å²) in [4.78, 5) is 39.7. The quantitative estimate of drug-likeness (QED) is 0.853. The highest BCUT2D eigenvalue weighted by Crippen LogP contribution is 2.17. The Kier molecular flexibility index (Phi) is 4.89. The van der Waals surface area contributed by atoms with E-state index in [4.69, 9.17) is 5.11 Å². The molecule has 0 bridgehead atoms. The Labute approximate surface area is 126 Å². The minimum absolute atomic E-state index is 0.00956. The van der Waals surface area contributed by atoms with Crippen LogP contribution in [0.1, 0.15) is 35.3 Å². The SMILES string of the molecule is CC(=O)N1CCCC(C(=O)NCc2nc(C(=O)O)cs2)C1. The van der Waals surface area contributed by atoms with Crippen LogP contribution < -0.4 is 5.32 Å². The van der Waals surface area contributed by atoms with Crippen molar-refractivity contribution in [2.45, 2.75) is 26.3 Å². The number of nitrogens with one attached hydrogen (secondary N) is 1. The lowest BCUT2D eigenvalue weighted by Gasteiger charge is -2.31. The number of piperidine rings is 1. The lowest BCUT2D eigenvalue weighted by molar-refractivity contribution is -0.134. The molecule has 0 aromatic carbocycles. The van der Waals surface area contributed by atoms with Crippen LogP contribution in [0, 0.1) is 5.92 Å². The van der Waals surface area contributed by atoms with E-state index < -0.39 is 5.97 Å². The van der Waals surface area contributed by atoms with Crippen molar-refractivity contribution in [2.24, 2.45) is 5.92 Å². The summed E-state index contributed by atoms with van der Waals surface area (Å²) in [5, 5.41) is 13.5. The average molecular weight is 311 g/mol. The number of amides is 2. The number of likely N-dealkylation sites (tertiary alicyclic amines) is 1. The zero-order valence-corrected chi connectivity index (χ0v) is 12.5. The van der Waals surface area contributed by atoms with Gasteiger partial charge in [0.2, 0.25) is 11.8 Å². The van der Waals surface area contributed by atoms with E-state index in [2.05, 4.69) is 10.3 Å². The van der Waals surface area contributed by atoms with Crippen molar-refractivity contribution in [3.63, 3.8) is 0 Å². The van der Waals surface area contributed by atoms with Crippen molar-refractivity contribution >= 4 is 29.1 Å². The molecule has 0 aliphatic carbocycles. The normalized spacial score (nSPS) is 18.3. The molecule has 1 aliphatic rings. The molecule has 2 amide bonds. The minimum atomic E-state index is -1.08. The summed E-state index contributed by atoms with van der Waals surface area (Å²) >= 11 is 1.20. The van der Waals surface area contributed by atoms with Crippen LogP contribution >= 0.6 is 11.3 Å². The van der Waals surface area contributed by atoms with Gasteiger partial charge in [-0.2, -0.15) is 0 Å². The van der Waals surface area contributed by atoms with Crippen LogP contribution in [0.2, 0.25) is 0 Å². The number of thiazole rings is 1. The molecule has 1 aromatic rings. The van der Waals surface area contributed by atoms with Gasteiger partial charge in [0, 0.05) is 25.4 Å². The Bertz CT molecular complexity index is 557. The molecule has 1 aliphatic heterocycles. The van der Waals surface area contributed by atoms with Gasteiger partial charge in [-0.1, -0.05) is 0 Å². The molecule has 8 heteroatoms. The summed E-state index contributed by atoms with van der Waals surface area (Å²) in [6, 6.07) is 0. The van der Waals surface area contributed by atoms with E-state index >= 15 is 0 Å². The second kappa shape index (κ2) is 6.66. The summed E-state index contributed by atoms with van der Waals surface area (Å²) in [5.41, 5.74) is -0.00956. The molecule has 0 saturated carbocycles. The molecule has 0 radical (unpaired) electrons. The fourth-order valence-corrected chi connectivity index (χ4v) is 2.98. The highest BCUT2D eigenvalue weighted by Gasteiger charge is 2.26. The van der Waals surface area contributed by atoms with Crippen LogP contribution in [0.5, 0.6) is 0 Å². The summed E-state index contributed by atoms with van der Waals surface area (Å²) in [6.07, 6.45) is 1.58. The van der Waals surface area contributed by atoms with Crippen molar-refractivity contribution in [3.05, 3.63) is 16.1 Å². The third-order valence-electron chi connectivity index (χ3n) is 3.42. The lowest BCUT2D eigenvalue weighted by atomic mass is 9.97. The molecule has 2 N–H and O–H groups in total. The zero-order valence-electron chi connectivity index (χ0n) is 11.7. The van der Waals surface area contributed by atoms with Crippen molar-refractivity contribution in [1.29, 1.82) is 0 Å². The van der Waals surface area contributed by atoms with Crippen LogP contribution in [0.25, 0.3) is 0 Å². The van der Waals surface area contributed by atoms with E-state index in [0.29, 0.717) is 18.1 Å². The molecule has 1 unspecified atom stereocenters. The average Bonchev–Trinajstić information content (AvgIpc) is 2.94. The highest BCUT2D eigenvalue weighted by atomic mass is 32.1. The summed E-state index contributed by atoms with van der Waals surface area (Å²) in [7, 11) is 0. The van der Waals surface area contributed by atoms with E-state index in [1.807, 2.05) is 0 Å². The van der Waals surface area contributed by atoms with Gasteiger partial charge in [0.1, 0.15) is 5.01 Å². The number of aromatic carboxylic acids is 1. The van der Waals surface area contributed by atoms with Gasteiger partial charge >= 0.3 is 5.97 Å². The van der Waals surface area contributed by atoms with E-state index in [9.17, 15) is 14.4 Å². The minimum Gasteiger partial charge on any atom is -0.476 e. The van der Waals surface area contributed by atoms with Gasteiger partial charge in [0.25, 0.3) is 0 Å². The van der Waals surface area contributed by atoms with E-state index in [1.165, 1.54) is 23.6 Å². The number of carbonyl (C=O) groups is 3. The number of carbonyl (C=O) groups excluding carboxylic acids is 2. The predicted octanol–water partition coefficient (Wildman–Crippen LogP) is 0.716. The third kappa shape index (κ3) is 4.01. The maximum atomic E-state index is 12.1. The van der Waals surface area contributed by atoms with Crippen LogP contribution in [0.3, 0.4) is 0 Å². The molecule has 7 nitrogen and oxygen atoms in total. The van der Waals surface area contributed by atoms with E-state index in [0.717, 1.165) is 12.8 Å². The lowest BCUT2D eigenvalue weighted by Crippen LogP contribution is -2.44. The number of carboxylic acids is 1. The Hall–Kier alpha value is -1.96. The van der Waals surface area contributed by atoms with Crippen molar-refractivity contribution in [3.8, 4) is 0 Å². The van der Waals surface area contributed by atoms with Gasteiger partial charge < -0.3 is 15.3 Å². The topological polar surface area (TPSA) is 99.6 Å². The smallest absolute Gasteiger partial charge is 0.355 e. The molecule has 0 spiro atoms. The number of nitrogens with zero attached hydrogens (tertiary/aromatic N) is 2. The highest BCUT2D eigenvalue weighted by molar-refractivity contribution is 7.09. The fourth-order valence-electron chi connectivity index (χ4n) is 2.27. The number of carboxylic acid groups (broad SMARTS) is 1. The van der Waals surface area contributed by atoms with Crippen LogP contribution in [-0.2, 0) is 16.1 Å². The van der Waals surface area contributed by atoms with Gasteiger partial charge in [-0.05, 0) is 12.8 Å². The predicted molar refractivity (Wildman–Crippen MR) is 75.9 cm³/mol. The van der Waals surface area contributed by atoms with Gasteiger partial charge in [0.05, 0.1) is 12.5 Å². The second-order valence-electron chi connectivity index (χ2n) is 4.95. The maximum absolute atomic E-state index is 12.1. The molecular formula is C13H17N3O4S. The van der Waals surface area contributed by atoms with Crippen LogP contribution in [0.15, 0.2) is 5.38 Å². The molecule has 2 heterocycles. The van der Waals surface area contributed by atoms with E-state index in [1.54, 1.807) is 4.90 Å². The second-order valence-corrected chi connectivity index (χ2v) is 5.90. The van der Waals surface area contributed by atoms with Crippen molar-refractivity contribution in [1.82, 2.24) is 15.2 Å². The number of rotatable bonds is 4. The first-order valence-corrected chi connectivity index (χ1v) is 7.56. The first kappa shape index (κ1) is 15.4. The largest absolute Gasteiger partial charge is 0.476 e. The monoisotopic (exact) mass is 311 g/mol. The van der Waals surface area contributed by atoms with Gasteiger partial charge in [-0.15, -0.1) is 11.3 Å². The summed E-state index contributed by atoms with van der Waals surface area (Å²) in [5.74, 6) is -1.42. The van der Waals surface area contributed by atoms with Crippen LogP contribution in [-0.4, -0.2) is 45.9 Å². The number of hydrogen-bond donors (Lipinski definition) is 2. The molecule has 1 fully saturated rings. The molecule has 1 aromatic heterocycles. The van der Waals surface area contributed by atoms with E-state index in [-0.39, 0.29) is 30.0 Å². The number of aromatic nitrogens is 1. The first-order valence-electron chi connectivity index (χ1n) is 6.68. The summed E-state index contributed by atoms with van der Waals surface area (Å²) < 4.78 is 0. The van der Waals surface area contributed by atoms with Crippen molar-refractivity contribution in [2.75, 3.05) is 13.1 Å². The van der Waals surface area contributed by atoms with Gasteiger partial charge in [-0.3, -0.25) is 9.59 Å². The molecule has 2 rings (SSSR count). The summed E-state index contributed by atoms with van der Waals surface area (Å²) in [6.45, 7) is 2.86. The van der Waals surface area contributed by atoms with Crippen molar-refractivity contribution < 1.29 is 19.5 Å². The maximum Gasteiger partial charge on any atom is 0.355 e.